The molecule has 0 fully saturated rings. The van der Waals surface area contributed by atoms with E-state index in [9.17, 15) is 9.59 Å². The topological polar surface area (TPSA) is 70.6 Å². The summed E-state index contributed by atoms with van der Waals surface area (Å²) in [6.07, 6.45) is 0. The Hall–Kier alpha value is -2.18. The van der Waals surface area contributed by atoms with Crippen molar-refractivity contribution >= 4 is 46.2 Å². The molecule has 0 aliphatic carbocycles. The van der Waals surface area contributed by atoms with Gasteiger partial charge in [-0.1, -0.05) is 23.7 Å². The lowest BCUT2D eigenvalue weighted by molar-refractivity contribution is -0.136. The Kier molecular flexibility index (Phi) is 5.30. The number of halogens is 1. The number of nitrogens with zero attached hydrogens (tertiary/aromatic N) is 1. The number of hydrazone groups is 1. The molecule has 114 valence electrons. The number of hydrogen-bond donors (Lipinski definition) is 2. The Morgan fingerprint density at radius 1 is 1.18 bits per heavy atom. The molecule has 0 aliphatic rings. The largest absolute Gasteiger partial charge is 0.329 e. The van der Waals surface area contributed by atoms with Crippen molar-refractivity contribution in [2.45, 2.75) is 13.8 Å². The third kappa shape index (κ3) is 3.93. The van der Waals surface area contributed by atoms with Crippen molar-refractivity contribution in [1.82, 2.24) is 5.43 Å². The Morgan fingerprint density at radius 2 is 1.95 bits per heavy atom. The first kappa shape index (κ1) is 16.2. The molecule has 0 radical (unpaired) electrons. The molecule has 0 saturated carbocycles. The van der Waals surface area contributed by atoms with Crippen LogP contribution in [-0.2, 0) is 9.59 Å². The summed E-state index contributed by atoms with van der Waals surface area (Å²) >= 11 is 7.46. The molecule has 0 saturated heterocycles. The molecule has 2 N–H and O–H groups in total. The van der Waals surface area contributed by atoms with Crippen LogP contribution in [0.1, 0.15) is 17.4 Å². The van der Waals surface area contributed by atoms with Gasteiger partial charge in [0.1, 0.15) is 0 Å². The highest BCUT2D eigenvalue weighted by molar-refractivity contribution is 7.12. The second-order valence-corrected chi connectivity index (χ2v) is 5.84. The molecule has 7 heteroatoms. The molecule has 1 aromatic heterocycles. The summed E-state index contributed by atoms with van der Waals surface area (Å²) in [5, 5.41) is 8.84. The van der Waals surface area contributed by atoms with Gasteiger partial charge in [0.2, 0.25) is 0 Å². The summed E-state index contributed by atoms with van der Waals surface area (Å²) in [7, 11) is 0. The number of nitrogens with one attached hydrogen (secondary N) is 2. The highest BCUT2D eigenvalue weighted by atomic mass is 35.5. The number of benzene rings is 1. The number of anilines is 1. The van der Waals surface area contributed by atoms with Crippen LogP contribution in [0.3, 0.4) is 0 Å². The monoisotopic (exact) mass is 335 g/mol. The van der Waals surface area contributed by atoms with Crippen LogP contribution in [0.5, 0.6) is 0 Å². The first-order chi connectivity index (χ1) is 10.5. The Balaban J connectivity index is 1.99. The van der Waals surface area contributed by atoms with Crippen LogP contribution in [-0.4, -0.2) is 17.5 Å². The second-order valence-electron chi connectivity index (χ2n) is 4.48. The standard InChI is InChI=1S/C15H14ClN3O2S/c1-9-11(16)5-3-6-12(9)17-14(20)15(21)19-18-10(2)13-7-4-8-22-13/h3-8H,1-2H3,(H,17,20)(H,19,21). The first-order valence-electron chi connectivity index (χ1n) is 6.43. The van der Waals surface area contributed by atoms with Gasteiger partial charge in [-0.3, -0.25) is 9.59 Å². The summed E-state index contributed by atoms with van der Waals surface area (Å²) in [5.74, 6) is -1.64. The van der Waals surface area contributed by atoms with E-state index in [0.29, 0.717) is 22.0 Å². The summed E-state index contributed by atoms with van der Waals surface area (Å²) in [6, 6.07) is 8.84. The minimum absolute atomic E-state index is 0.492. The first-order valence-corrected chi connectivity index (χ1v) is 7.69. The molecule has 0 spiro atoms. The van der Waals surface area contributed by atoms with Gasteiger partial charge < -0.3 is 5.32 Å². The maximum absolute atomic E-state index is 11.8. The van der Waals surface area contributed by atoms with Crippen LogP contribution in [0.25, 0.3) is 0 Å². The third-order valence-corrected chi connectivity index (χ3v) is 4.31. The maximum Gasteiger partial charge on any atom is 0.329 e. The molecule has 22 heavy (non-hydrogen) atoms. The minimum atomic E-state index is -0.838. The number of carbonyl (C=O) groups is 2. The van der Waals surface area contributed by atoms with Crippen molar-refractivity contribution in [3.05, 3.63) is 51.2 Å². The van der Waals surface area contributed by atoms with Crippen LogP contribution in [0, 0.1) is 6.92 Å². The Morgan fingerprint density at radius 3 is 2.64 bits per heavy atom. The molecule has 2 aromatic rings. The zero-order chi connectivity index (χ0) is 16.1. The van der Waals surface area contributed by atoms with Crippen LogP contribution in [0.15, 0.2) is 40.8 Å². The van der Waals surface area contributed by atoms with Crippen molar-refractivity contribution in [3.8, 4) is 0 Å². The molecule has 0 unspecified atom stereocenters. The molecule has 0 bridgehead atoms. The van der Waals surface area contributed by atoms with Gasteiger partial charge in [-0.2, -0.15) is 5.10 Å². The number of hydrogen-bond acceptors (Lipinski definition) is 4. The number of thiophene rings is 1. The van der Waals surface area contributed by atoms with Crippen molar-refractivity contribution in [3.63, 3.8) is 0 Å². The number of amides is 2. The van der Waals surface area contributed by atoms with Gasteiger partial charge in [-0.05, 0) is 43.0 Å². The highest BCUT2D eigenvalue weighted by Crippen LogP contribution is 2.22. The molecular formula is C15H14ClN3O2S. The fourth-order valence-electron chi connectivity index (χ4n) is 1.65. The lowest BCUT2D eigenvalue weighted by Gasteiger charge is -2.08. The molecule has 1 heterocycles. The zero-order valence-electron chi connectivity index (χ0n) is 12.0. The van der Waals surface area contributed by atoms with Crippen LogP contribution < -0.4 is 10.7 Å². The van der Waals surface area contributed by atoms with Gasteiger partial charge in [-0.15, -0.1) is 11.3 Å². The predicted molar refractivity (Wildman–Crippen MR) is 89.5 cm³/mol. The Labute approximate surface area is 137 Å². The van der Waals surface area contributed by atoms with Crippen LogP contribution in [0.2, 0.25) is 5.02 Å². The van der Waals surface area contributed by atoms with E-state index < -0.39 is 11.8 Å². The molecule has 0 aliphatic heterocycles. The van der Waals surface area contributed by atoms with Crippen LogP contribution in [0.4, 0.5) is 5.69 Å². The van der Waals surface area contributed by atoms with E-state index in [1.54, 1.807) is 32.0 Å². The minimum Gasteiger partial charge on any atom is -0.317 e. The highest BCUT2D eigenvalue weighted by Gasteiger charge is 2.15. The average molecular weight is 336 g/mol. The Bertz CT molecular complexity index is 726. The summed E-state index contributed by atoms with van der Waals surface area (Å²) in [4.78, 5) is 24.5. The van der Waals surface area contributed by atoms with Crippen molar-refractivity contribution in [2.75, 3.05) is 5.32 Å². The van der Waals surface area contributed by atoms with Gasteiger partial charge >= 0.3 is 11.8 Å². The predicted octanol–water partition coefficient (Wildman–Crippen LogP) is 3.19. The fourth-order valence-corrected chi connectivity index (χ4v) is 2.50. The van der Waals surface area contributed by atoms with Crippen molar-refractivity contribution in [2.24, 2.45) is 5.10 Å². The third-order valence-electron chi connectivity index (χ3n) is 2.93. The lowest BCUT2D eigenvalue weighted by atomic mass is 10.2. The SMILES string of the molecule is CC(=NNC(=O)C(=O)Nc1cccc(Cl)c1C)c1cccs1. The van der Waals surface area contributed by atoms with Gasteiger partial charge in [0.05, 0.1) is 5.71 Å². The van der Waals surface area contributed by atoms with E-state index in [-0.39, 0.29) is 0 Å². The van der Waals surface area contributed by atoms with E-state index in [4.69, 9.17) is 11.6 Å². The quantitative estimate of drug-likeness (QED) is 0.513. The summed E-state index contributed by atoms with van der Waals surface area (Å²) in [5.41, 5.74) is 4.06. The van der Waals surface area contributed by atoms with Gasteiger partial charge in [0.25, 0.3) is 0 Å². The van der Waals surface area contributed by atoms with E-state index in [0.717, 1.165) is 4.88 Å². The molecule has 5 nitrogen and oxygen atoms in total. The van der Waals surface area contributed by atoms with Gasteiger partial charge in [-0.25, -0.2) is 5.43 Å². The lowest BCUT2D eigenvalue weighted by Crippen LogP contribution is -2.33. The molecule has 1 aromatic carbocycles. The molecule has 2 rings (SSSR count). The van der Waals surface area contributed by atoms with Gasteiger partial charge in [0.15, 0.2) is 0 Å². The van der Waals surface area contributed by atoms with E-state index in [1.807, 2.05) is 17.5 Å². The van der Waals surface area contributed by atoms with Crippen LogP contribution >= 0.6 is 22.9 Å². The number of carbonyl (C=O) groups excluding carboxylic acids is 2. The van der Waals surface area contributed by atoms with Crippen molar-refractivity contribution in [1.29, 1.82) is 0 Å². The maximum atomic E-state index is 11.8. The summed E-state index contributed by atoms with van der Waals surface area (Å²) in [6.45, 7) is 3.51. The van der Waals surface area contributed by atoms with E-state index in [1.165, 1.54) is 11.3 Å². The van der Waals surface area contributed by atoms with E-state index >= 15 is 0 Å². The summed E-state index contributed by atoms with van der Waals surface area (Å²) < 4.78 is 0. The normalized spacial score (nSPS) is 11.1. The molecule has 0 atom stereocenters. The smallest absolute Gasteiger partial charge is 0.317 e. The van der Waals surface area contributed by atoms with Gasteiger partial charge in [0, 0.05) is 15.6 Å². The van der Waals surface area contributed by atoms with Crippen molar-refractivity contribution < 1.29 is 9.59 Å². The van der Waals surface area contributed by atoms with E-state index in [2.05, 4.69) is 15.8 Å². The zero-order valence-corrected chi connectivity index (χ0v) is 13.6. The molecule has 2 amide bonds. The number of rotatable bonds is 3. The second kappa shape index (κ2) is 7.20. The fraction of sp³-hybridized carbons (Fsp3) is 0.133. The average Bonchev–Trinajstić information content (AvgIpc) is 3.03. The molecular weight excluding hydrogens is 322 g/mol.